The zero-order valence-electron chi connectivity index (χ0n) is 31.3. The Bertz CT molecular complexity index is 1310. The molecule has 0 aromatic rings. The lowest BCUT2D eigenvalue weighted by Crippen LogP contribution is -2.66. The number of nitrogens with one attached hydrogen (secondary N) is 1. The number of carbonyl (C=O) groups excluding carboxylic acids is 2. The molecule has 0 aliphatic heterocycles. The van der Waals surface area contributed by atoms with Gasteiger partial charge in [0.15, 0.2) is 5.78 Å². The lowest BCUT2D eigenvalue weighted by Gasteiger charge is -2.72. The molecule has 266 valence electrons. The van der Waals surface area contributed by atoms with Gasteiger partial charge in [-0.15, -0.1) is 0 Å². The van der Waals surface area contributed by atoms with E-state index in [0.717, 1.165) is 56.9 Å². The molecule has 1 unspecified atom stereocenters. The van der Waals surface area contributed by atoms with Crippen LogP contribution < -0.4 is 5.32 Å². The fourth-order valence-corrected chi connectivity index (χ4v) is 12.5. The Morgan fingerprint density at radius 3 is 2.17 bits per heavy atom. The molecule has 0 bridgehead atoms. The van der Waals surface area contributed by atoms with Gasteiger partial charge in [0.2, 0.25) is 0 Å². The highest BCUT2D eigenvalue weighted by molar-refractivity contribution is 6.00. The van der Waals surface area contributed by atoms with E-state index >= 15 is 0 Å². The van der Waals surface area contributed by atoms with Crippen molar-refractivity contribution < 1.29 is 29.3 Å². The number of carboxylic acids is 1. The molecule has 3 N–H and O–H groups in total. The van der Waals surface area contributed by atoms with Gasteiger partial charge in [0.25, 0.3) is 0 Å². The second-order valence-corrected chi connectivity index (χ2v) is 19.1. The first-order chi connectivity index (χ1) is 21.6. The zero-order chi connectivity index (χ0) is 35.1. The van der Waals surface area contributed by atoms with Gasteiger partial charge in [-0.1, -0.05) is 67.9 Å². The Kier molecular flexibility index (Phi) is 9.30. The number of allylic oxidation sites excluding steroid dienone is 1. The highest BCUT2D eigenvalue weighted by Gasteiger charge is 2.70. The van der Waals surface area contributed by atoms with E-state index in [1.165, 1.54) is 5.57 Å². The van der Waals surface area contributed by atoms with Crippen LogP contribution in [0.1, 0.15) is 140 Å². The number of rotatable bonds is 9. The summed E-state index contributed by atoms with van der Waals surface area (Å²) >= 11 is 0. The third kappa shape index (κ3) is 5.47. The van der Waals surface area contributed by atoms with Gasteiger partial charge in [0, 0.05) is 29.8 Å². The van der Waals surface area contributed by atoms with Gasteiger partial charge < -0.3 is 20.3 Å². The Labute approximate surface area is 284 Å². The van der Waals surface area contributed by atoms with Crippen LogP contribution in [0.15, 0.2) is 11.1 Å². The number of carboxylic acid groups (broad SMARTS) is 1. The Morgan fingerprint density at radius 1 is 0.915 bits per heavy atom. The Balaban J connectivity index is 1.45. The molecule has 7 nitrogen and oxygen atoms in total. The van der Waals surface area contributed by atoms with Crippen molar-refractivity contribution in [1.29, 1.82) is 0 Å². The van der Waals surface area contributed by atoms with Crippen molar-refractivity contribution >= 4 is 17.7 Å². The first kappa shape index (κ1) is 36.5. The van der Waals surface area contributed by atoms with Crippen molar-refractivity contribution in [2.24, 2.45) is 56.2 Å². The van der Waals surface area contributed by atoms with Crippen LogP contribution in [0.2, 0.25) is 0 Å². The van der Waals surface area contributed by atoms with E-state index in [0.29, 0.717) is 24.8 Å². The second-order valence-electron chi connectivity index (χ2n) is 19.1. The van der Waals surface area contributed by atoms with E-state index in [1.807, 2.05) is 0 Å². The normalized spacial score (nSPS) is 40.4. The average Bonchev–Trinajstić information content (AvgIpc) is 3.26. The third-order valence-corrected chi connectivity index (χ3v) is 15.2. The van der Waals surface area contributed by atoms with Crippen LogP contribution in [-0.2, 0) is 19.1 Å². The molecule has 0 aromatic heterocycles. The summed E-state index contributed by atoms with van der Waals surface area (Å²) in [4.78, 5) is 38.6. The molecule has 0 amide bonds. The van der Waals surface area contributed by atoms with Crippen molar-refractivity contribution in [3.8, 4) is 0 Å². The monoisotopic (exact) mass is 655 g/mol. The van der Waals surface area contributed by atoms with Gasteiger partial charge in [-0.3, -0.25) is 14.4 Å². The van der Waals surface area contributed by atoms with Crippen LogP contribution in [0.3, 0.4) is 0 Å². The van der Waals surface area contributed by atoms with Crippen LogP contribution in [0.4, 0.5) is 0 Å². The molecule has 0 radical (unpaired) electrons. The molecular formula is C40H65NO6. The van der Waals surface area contributed by atoms with E-state index in [9.17, 15) is 24.6 Å². The minimum Gasteiger partial charge on any atom is -0.481 e. The predicted octanol–water partition coefficient (Wildman–Crippen LogP) is 7.74. The van der Waals surface area contributed by atoms with Gasteiger partial charge in [0.1, 0.15) is 6.10 Å². The van der Waals surface area contributed by atoms with E-state index in [4.69, 9.17) is 4.74 Å². The van der Waals surface area contributed by atoms with Crippen molar-refractivity contribution in [1.82, 2.24) is 5.32 Å². The summed E-state index contributed by atoms with van der Waals surface area (Å²) in [6.07, 6.45) is 7.50. The summed E-state index contributed by atoms with van der Waals surface area (Å²) in [6.45, 7) is 24.4. The van der Waals surface area contributed by atoms with Gasteiger partial charge in [-0.25, -0.2) is 0 Å². The number of carbonyl (C=O) groups is 3. The number of ether oxygens (including phenoxy) is 1. The molecule has 5 aliphatic carbocycles. The van der Waals surface area contributed by atoms with Crippen LogP contribution in [0.5, 0.6) is 0 Å². The standard InChI is InChI=1S/C40H65NO6/c1-23(2)32-26(42)20-40(29(43)22-41-24(3)4)19-18-38(10)25(33(32)40)12-13-28-37(9)16-15-30(47-31(44)21-35(5,6)34(45)46)36(7,8)27(37)14-17-39(28,38)11/h23-25,27-30,41,43H,12-22H2,1-11H3,(H,45,46)/t25-,27+,28-,29?,30+,37+,38-,39-,40+/m1/s1. The van der Waals surface area contributed by atoms with Crippen molar-refractivity contribution in [3.05, 3.63) is 11.1 Å². The van der Waals surface area contributed by atoms with Gasteiger partial charge in [-0.05, 0) is 111 Å². The summed E-state index contributed by atoms with van der Waals surface area (Å²) in [6, 6.07) is 0.272. The average molecular weight is 656 g/mol. The number of esters is 1. The number of aliphatic hydroxyl groups excluding tert-OH is 1. The van der Waals surface area contributed by atoms with Crippen LogP contribution in [-0.4, -0.2) is 52.7 Å². The molecule has 0 spiro atoms. The Morgan fingerprint density at radius 2 is 1.57 bits per heavy atom. The lowest BCUT2D eigenvalue weighted by atomic mass is 9.33. The SMILES string of the molecule is CC(C)NCC(O)[C@@]12CC[C@]3(C)[C@H](CC[C@@H]4[C@@]5(C)CC[C@H](OC(=O)CC(C)(C)C(=O)O)C(C)(C)[C@@H]5CC[C@]43C)C1=C(C(C)C)C(=O)C2. The van der Waals surface area contributed by atoms with E-state index in [1.54, 1.807) is 13.8 Å². The molecule has 4 fully saturated rings. The molecule has 5 rings (SSSR count). The summed E-state index contributed by atoms with van der Waals surface area (Å²) < 4.78 is 6.14. The molecular weight excluding hydrogens is 590 g/mol. The first-order valence-electron chi connectivity index (χ1n) is 18.7. The second kappa shape index (κ2) is 12.0. The summed E-state index contributed by atoms with van der Waals surface area (Å²) in [5.41, 5.74) is 0.677. The number of fused-ring (bicyclic) bond motifs is 7. The number of aliphatic carboxylic acids is 1. The van der Waals surface area contributed by atoms with Crippen LogP contribution in [0, 0.1) is 56.2 Å². The van der Waals surface area contributed by atoms with Crippen LogP contribution in [0.25, 0.3) is 0 Å². The maximum Gasteiger partial charge on any atom is 0.309 e. The van der Waals surface area contributed by atoms with Crippen molar-refractivity contribution in [2.75, 3.05) is 6.54 Å². The summed E-state index contributed by atoms with van der Waals surface area (Å²) in [7, 11) is 0. The quantitative estimate of drug-likeness (QED) is 0.218. The van der Waals surface area contributed by atoms with Gasteiger partial charge in [0.05, 0.1) is 17.9 Å². The van der Waals surface area contributed by atoms with Gasteiger partial charge >= 0.3 is 11.9 Å². The maximum absolute atomic E-state index is 13.8. The number of hydrogen-bond donors (Lipinski definition) is 3. The highest BCUT2D eigenvalue weighted by Crippen LogP contribution is 2.77. The van der Waals surface area contributed by atoms with Gasteiger partial charge in [-0.2, -0.15) is 0 Å². The number of hydrogen-bond acceptors (Lipinski definition) is 6. The topological polar surface area (TPSA) is 113 Å². The number of ketones is 1. The number of aliphatic hydroxyl groups is 1. The van der Waals surface area contributed by atoms with Crippen molar-refractivity contribution in [3.63, 3.8) is 0 Å². The first-order valence-corrected chi connectivity index (χ1v) is 18.7. The van der Waals surface area contributed by atoms with Crippen molar-refractivity contribution in [2.45, 2.75) is 159 Å². The molecule has 0 aromatic carbocycles. The third-order valence-electron chi connectivity index (χ3n) is 15.2. The fourth-order valence-electron chi connectivity index (χ4n) is 12.5. The smallest absolute Gasteiger partial charge is 0.309 e. The largest absolute Gasteiger partial charge is 0.481 e. The fraction of sp³-hybridized carbons (Fsp3) is 0.875. The highest BCUT2D eigenvalue weighted by atomic mass is 16.5. The Hall–Kier alpha value is -1.73. The molecule has 7 heteroatoms. The molecule has 5 aliphatic rings. The molecule has 47 heavy (non-hydrogen) atoms. The minimum atomic E-state index is -1.15. The van der Waals surface area contributed by atoms with E-state index in [2.05, 4.69) is 67.6 Å². The number of Topliss-reactive ketones (excluding diaryl/α,β-unsaturated/α-hetero) is 1. The predicted molar refractivity (Wildman–Crippen MR) is 184 cm³/mol. The summed E-state index contributed by atoms with van der Waals surface area (Å²) in [5, 5.41) is 24.9. The molecule has 4 saturated carbocycles. The lowest BCUT2D eigenvalue weighted by molar-refractivity contribution is -0.235. The van der Waals surface area contributed by atoms with E-state index < -0.39 is 28.9 Å². The van der Waals surface area contributed by atoms with Crippen LogP contribution >= 0.6 is 0 Å². The summed E-state index contributed by atoms with van der Waals surface area (Å²) in [5.74, 6) is 0.190. The minimum absolute atomic E-state index is 0.0224. The molecule has 9 atom stereocenters. The maximum atomic E-state index is 13.8. The molecule has 0 saturated heterocycles. The molecule has 0 heterocycles. The zero-order valence-corrected chi connectivity index (χ0v) is 31.3. The van der Waals surface area contributed by atoms with E-state index in [-0.39, 0.29) is 57.8 Å².